The van der Waals surface area contributed by atoms with Gasteiger partial charge in [0, 0.05) is 6.42 Å². The Bertz CT molecular complexity index is 377. The van der Waals surface area contributed by atoms with Crippen LogP contribution in [0, 0.1) is 12.8 Å². The van der Waals surface area contributed by atoms with Gasteiger partial charge in [-0.25, -0.2) is 4.98 Å². The number of hydrogen-bond acceptors (Lipinski definition) is 4. The molecule has 0 radical (unpaired) electrons. The highest BCUT2D eigenvalue weighted by Crippen LogP contribution is 2.23. The van der Waals surface area contributed by atoms with E-state index in [0.29, 0.717) is 29.6 Å². The molecule has 0 unspecified atom stereocenters. The van der Waals surface area contributed by atoms with Gasteiger partial charge in [-0.15, -0.1) is 0 Å². The molecule has 0 atom stereocenters. The first-order chi connectivity index (χ1) is 7.54. The van der Waals surface area contributed by atoms with Gasteiger partial charge in [0.25, 0.3) is 0 Å². The molecule has 1 aromatic rings. The van der Waals surface area contributed by atoms with Crippen molar-refractivity contribution in [2.24, 2.45) is 5.92 Å². The third-order valence-electron chi connectivity index (χ3n) is 2.05. The van der Waals surface area contributed by atoms with Gasteiger partial charge in [-0.3, -0.25) is 4.79 Å². The van der Waals surface area contributed by atoms with Gasteiger partial charge < -0.3 is 10.1 Å². The zero-order chi connectivity index (χ0) is 12.1. The molecular formula is C11H17N3O2. The third-order valence-corrected chi connectivity index (χ3v) is 2.05. The highest BCUT2D eigenvalue weighted by atomic mass is 16.5. The summed E-state index contributed by atoms with van der Waals surface area (Å²) < 4.78 is 5.07. The highest BCUT2D eigenvalue weighted by molar-refractivity contribution is 5.92. The molecule has 0 aliphatic carbocycles. The molecule has 0 aliphatic heterocycles. The summed E-state index contributed by atoms with van der Waals surface area (Å²) in [7, 11) is 1.51. The maximum absolute atomic E-state index is 11.6. The van der Waals surface area contributed by atoms with E-state index in [-0.39, 0.29) is 5.91 Å². The zero-order valence-electron chi connectivity index (χ0n) is 10.1. The number of nitrogens with zero attached hydrogens (tertiary/aromatic N) is 2. The molecule has 1 amide bonds. The minimum absolute atomic E-state index is 0.0498. The standard InChI is InChI=1S/C11H17N3O2/c1-7(2)5-9(15)14-10-8(3)12-6-13-11(10)16-4/h6-7H,5H2,1-4H3,(H,14,15). The van der Waals surface area contributed by atoms with Crippen LogP contribution in [0.15, 0.2) is 6.33 Å². The second-order valence-corrected chi connectivity index (χ2v) is 3.99. The number of ether oxygens (including phenoxy) is 1. The molecule has 0 spiro atoms. The molecule has 5 nitrogen and oxygen atoms in total. The quantitative estimate of drug-likeness (QED) is 0.845. The molecule has 0 saturated heterocycles. The van der Waals surface area contributed by atoms with Crippen LogP contribution in [0.25, 0.3) is 0 Å². The summed E-state index contributed by atoms with van der Waals surface area (Å²) in [4.78, 5) is 19.6. The lowest BCUT2D eigenvalue weighted by Crippen LogP contribution is -2.16. The minimum Gasteiger partial charge on any atom is -0.479 e. The fourth-order valence-corrected chi connectivity index (χ4v) is 1.31. The smallest absolute Gasteiger partial charge is 0.240 e. The van der Waals surface area contributed by atoms with E-state index in [1.165, 1.54) is 13.4 Å². The molecule has 1 N–H and O–H groups in total. The Morgan fingerprint density at radius 1 is 1.50 bits per heavy atom. The predicted molar refractivity (Wildman–Crippen MR) is 61.4 cm³/mol. The van der Waals surface area contributed by atoms with E-state index in [4.69, 9.17) is 4.74 Å². The summed E-state index contributed by atoms with van der Waals surface area (Å²) in [5, 5.41) is 2.77. The molecule has 1 aromatic heterocycles. The number of amides is 1. The first kappa shape index (κ1) is 12.4. The summed E-state index contributed by atoms with van der Waals surface area (Å²) >= 11 is 0. The molecule has 16 heavy (non-hydrogen) atoms. The van der Waals surface area contributed by atoms with Gasteiger partial charge in [-0.2, -0.15) is 4.98 Å². The van der Waals surface area contributed by atoms with Gasteiger partial charge in [-0.1, -0.05) is 13.8 Å². The summed E-state index contributed by atoms with van der Waals surface area (Å²) in [5.41, 5.74) is 1.25. The maximum Gasteiger partial charge on any atom is 0.240 e. The molecule has 1 heterocycles. The number of methoxy groups -OCH3 is 1. The van der Waals surface area contributed by atoms with Crippen molar-refractivity contribution in [3.63, 3.8) is 0 Å². The van der Waals surface area contributed by atoms with E-state index < -0.39 is 0 Å². The molecule has 5 heteroatoms. The van der Waals surface area contributed by atoms with Gasteiger partial charge in [0.2, 0.25) is 11.8 Å². The van der Waals surface area contributed by atoms with Gasteiger partial charge >= 0.3 is 0 Å². The Kier molecular flexibility index (Phi) is 4.22. The van der Waals surface area contributed by atoms with Crippen molar-refractivity contribution >= 4 is 11.6 Å². The van der Waals surface area contributed by atoms with Crippen molar-refractivity contribution in [3.05, 3.63) is 12.0 Å². The third kappa shape index (κ3) is 3.18. The summed E-state index contributed by atoms with van der Waals surface area (Å²) in [6, 6.07) is 0. The monoisotopic (exact) mass is 223 g/mol. The van der Waals surface area contributed by atoms with Crippen molar-refractivity contribution in [3.8, 4) is 5.88 Å². The molecular weight excluding hydrogens is 206 g/mol. The zero-order valence-corrected chi connectivity index (χ0v) is 10.1. The van der Waals surface area contributed by atoms with Crippen LogP contribution in [0.4, 0.5) is 5.69 Å². The lowest BCUT2D eigenvalue weighted by atomic mass is 10.1. The van der Waals surface area contributed by atoms with Crippen molar-refractivity contribution < 1.29 is 9.53 Å². The predicted octanol–water partition coefficient (Wildman–Crippen LogP) is 1.78. The molecule has 0 aromatic carbocycles. The van der Waals surface area contributed by atoms with E-state index in [1.807, 2.05) is 13.8 Å². The molecule has 0 saturated carbocycles. The van der Waals surface area contributed by atoms with Crippen LogP contribution in [0.2, 0.25) is 0 Å². The van der Waals surface area contributed by atoms with Crippen LogP contribution in [-0.4, -0.2) is 23.0 Å². The molecule has 0 aliphatic rings. The molecule has 0 bridgehead atoms. The second-order valence-electron chi connectivity index (χ2n) is 3.99. The largest absolute Gasteiger partial charge is 0.479 e. The molecule has 0 fully saturated rings. The Balaban J connectivity index is 2.83. The van der Waals surface area contributed by atoms with Crippen LogP contribution < -0.4 is 10.1 Å². The Morgan fingerprint density at radius 3 is 2.75 bits per heavy atom. The van der Waals surface area contributed by atoms with Crippen LogP contribution in [0.5, 0.6) is 5.88 Å². The maximum atomic E-state index is 11.6. The SMILES string of the molecule is COc1ncnc(C)c1NC(=O)CC(C)C. The number of rotatable bonds is 4. The van der Waals surface area contributed by atoms with Crippen LogP contribution in [0.3, 0.4) is 0 Å². The molecule has 1 rings (SSSR count). The Labute approximate surface area is 95.3 Å². The van der Waals surface area contributed by atoms with Crippen molar-refractivity contribution in [1.29, 1.82) is 0 Å². The van der Waals surface area contributed by atoms with Crippen molar-refractivity contribution in [1.82, 2.24) is 9.97 Å². The van der Waals surface area contributed by atoms with E-state index in [2.05, 4.69) is 15.3 Å². The number of carbonyl (C=O) groups is 1. The first-order valence-electron chi connectivity index (χ1n) is 5.20. The highest BCUT2D eigenvalue weighted by Gasteiger charge is 2.12. The van der Waals surface area contributed by atoms with Crippen molar-refractivity contribution in [2.75, 3.05) is 12.4 Å². The lowest BCUT2D eigenvalue weighted by Gasteiger charge is -2.11. The number of hydrogen-bond donors (Lipinski definition) is 1. The number of nitrogens with one attached hydrogen (secondary N) is 1. The van der Waals surface area contributed by atoms with Gasteiger partial charge in [-0.05, 0) is 12.8 Å². The summed E-state index contributed by atoms with van der Waals surface area (Å²) in [6.45, 7) is 5.78. The van der Waals surface area contributed by atoms with Gasteiger partial charge in [0.1, 0.15) is 12.0 Å². The normalized spacial score (nSPS) is 10.3. The molecule has 88 valence electrons. The number of carbonyl (C=O) groups excluding carboxylic acids is 1. The minimum atomic E-state index is -0.0498. The first-order valence-corrected chi connectivity index (χ1v) is 5.20. The van der Waals surface area contributed by atoms with E-state index in [9.17, 15) is 4.79 Å². The average Bonchev–Trinajstić information content (AvgIpc) is 2.20. The topological polar surface area (TPSA) is 64.1 Å². The Morgan fingerprint density at radius 2 is 2.19 bits per heavy atom. The lowest BCUT2D eigenvalue weighted by molar-refractivity contribution is -0.116. The fraction of sp³-hybridized carbons (Fsp3) is 0.545. The second kappa shape index (κ2) is 5.44. The Hall–Kier alpha value is -1.65. The van der Waals surface area contributed by atoms with Gasteiger partial charge in [0.05, 0.1) is 12.8 Å². The average molecular weight is 223 g/mol. The van der Waals surface area contributed by atoms with E-state index in [0.717, 1.165) is 0 Å². The number of anilines is 1. The number of aryl methyl sites for hydroxylation is 1. The van der Waals surface area contributed by atoms with Crippen LogP contribution in [0.1, 0.15) is 26.0 Å². The van der Waals surface area contributed by atoms with Gasteiger partial charge in [0.15, 0.2) is 0 Å². The summed E-state index contributed by atoms with van der Waals surface area (Å²) in [5.74, 6) is 0.659. The van der Waals surface area contributed by atoms with E-state index in [1.54, 1.807) is 6.92 Å². The van der Waals surface area contributed by atoms with Crippen LogP contribution >= 0.6 is 0 Å². The van der Waals surface area contributed by atoms with Crippen molar-refractivity contribution in [2.45, 2.75) is 27.2 Å². The number of aromatic nitrogens is 2. The van der Waals surface area contributed by atoms with E-state index >= 15 is 0 Å². The fourth-order valence-electron chi connectivity index (χ4n) is 1.31. The summed E-state index contributed by atoms with van der Waals surface area (Å²) in [6.07, 6.45) is 1.88. The van der Waals surface area contributed by atoms with Crippen LogP contribution in [-0.2, 0) is 4.79 Å².